The summed E-state index contributed by atoms with van der Waals surface area (Å²) in [4.78, 5) is 4.25. The van der Waals surface area contributed by atoms with Crippen molar-refractivity contribution >= 4 is 0 Å². The molecule has 20 heavy (non-hydrogen) atoms. The van der Waals surface area contributed by atoms with Crippen LogP contribution in [0.3, 0.4) is 0 Å². The Bertz CT molecular complexity index is 213. The first kappa shape index (κ1) is 19.8. The minimum absolute atomic E-state index is 0.126. The van der Waals surface area contributed by atoms with E-state index in [1.807, 2.05) is 18.7 Å². The number of aliphatic hydroxyl groups excluding tert-OH is 2. The Hall–Kier alpha value is -0.160. The molecular formula is C16H36N2O2. The van der Waals surface area contributed by atoms with Crippen LogP contribution < -0.4 is 0 Å². The molecule has 0 fully saturated rings. The maximum atomic E-state index is 10.3. The average Bonchev–Trinajstić information content (AvgIpc) is 2.47. The van der Waals surface area contributed by atoms with E-state index in [0.29, 0.717) is 12.8 Å². The second kappa shape index (κ2) is 11.5. The molecule has 0 amide bonds. The third kappa shape index (κ3) is 6.08. The first-order chi connectivity index (χ1) is 9.56. The van der Waals surface area contributed by atoms with Gasteiger partial charge in [0.15, 0.2) is 0 Å². The maximum Gasteiger partial charge on any atom is 0.110 e. The lowest BCUT2D eigenvalue weighted by Gasteiger charge is -2.43. The lowest BCUT2D eigenvalue weighted by molar-refractivity contribution is -0.162. The number of rotatable bonds is 12. The highest BCUT2D eigenvalue weighted by molar-refractivity contribution is 4.76. The van der Waals surface area contributed by atoms with Crippen molar-refractivity contribution in [1.29, 1.82) is 0 Å². The van der Waals surface area contributed by atoms with Crippen LogP contribution in [-0.4, -0.2) is 51.7 Å². The number of unbranched alkanes of at least 4 members (excludes halogenated alkanes) is 2. The van der Waals surface area contributed by atoms with Gasteiger partial charge in [0.1, 0.15) is 12.5 Å². The highest BCUT2D eigenvalue weighted by Gasteiger charge is 2.31. The van der Waals surface area contributed by atoms with Crippen LogP contribution in [0, 0.1) is 0 Å². The highest BCUT2D eigenvalue weighted by atomic mass is 16.3. The van der Waals surface area contributed by atoms with Crippen LogP contribution in [0.4, 0.5) is 0 Å². The number of aliphatic hydroxyl groups is 2. The smallest absolute Gasteiger partial charge is 0.110 e. The Kier molecular flexibility index (Phi) is 11.4. The summed E-state index contributed by atoms with van der Waals surface area (Å²) in [6.07, 6.45) is 4.81. The summed E-state index contributed by atoms with van der Waals surface area (Å²) < 4.78 is 0. The van der Waals surface area contributed by atoms with Gasteiger partial charge in [0.05, 0.1) is 6.17 Å². The molecule has 0 aromatic carbocycles. The van der Waals surface area contributed by atoms with Gasteiger partial charge in [0, 0.05) is 0 Å². The van der Waals surface area contributed by atoms with E-state index in [0.717, 1.165) is 25.9 Å². The van der Waals surface area contributed by atoms with Gasteiger partial charge >= 0.3 is 0 Å². The Balaban J connectivity index is 5.05. The number of hydrogen-bond donors (Lipinski definition) is 2. The molecule has 0 saturated heterocycles. The number of nitrogens with zero attached hydrogens (tertiary/aromatic N) is 2. The van der Waals surface area contributed by atoms with E-state index in [1.54, 1.807) is 0 Å². The van der Waals surface area contributed by atoms with Gasteiger partial charge in [-0.1, -0.05) is 53.9 Å². The average molecular weight is 288 g/mol. The minimum atomic E-state index is -0.572. The molecule has 0 aliphatic rings. The summed E-state index contributed by atoms with van der Waals surface area (Å²) in [5.74, 6) is 0. The van der Waals surface area contributed by atoms with Crippen molar-refractivity contribution in [3.05, 3.63) is 0 Å². The van der Waals surface area contributed by atoms with E-state index in [9.17, 15) is 10.2 Å². The zero-order valence-corrected chi connectivity index (χ0v) is 14.2. The van der Waals surface area contributed by atoms with Crippen LogP contribution in [0.5, 0.6) is 0 Å². The van der Waals surface area contributed by atoms with E-state index in [4.69, 9.17) is 0 Å². The zero-order valence-electron chi connectivity index (χ0n) is 14.2. The fraction of sp³-hybridized carbons (Fsp3) is 1.00. The molecule has 122 valence electrons. The van der Waals surface area contributed by atoms with Gasteiger partial charge in [-0.2, -0.15) is 0 Å². The molecule has 0 radical (unpaired) electrons. The Morgan fingerprint density at radius 3 is 1.65 bits per heavy atom. The fourth-order valence-corrected chi connectivity index (χ4v) is 2.76. The van der Waals surface area contributed by atoms with Crippen molar-refractivity contribution in [2.24, 2.45) is 0 Å². The van der Waals surface area contributed by atoms with E-state index in [-0.39, 0.29) is 6.17 Å². The molecule has 0 aromatic heterocycles. The third-order valence-electron chi connectivity index (χ3n) is 4.06. The molecule has 0 aromatic rings. The first-order valence-electron chi connectivity index (χ1n) is 8.44. The highest BCUT2D eigenvalue weighted by Crippen LogP contribution is 2.21. The van der Waals surface area contributed by atoms with Crippen molar-refractivity contribution in [1.82, 2.24) is 9.80 Å². The third-order valence-corrected chi connectivity index (χ3v) is 4.06. The minimum Gasteiger partial charge on any atom is -0.378 e. The largest absolute Gasteiger partial charge is 0.378 e. The summed E-state index contributed by atoms with van der Waals surface area (Å²) in [5, 5.41) is 20.7. The van der Waals surface area contributed by atoms with E-state index in [2.05, 4.69) is 25.7 Å². The van der Waals surface area contributed by atoms with Crippen LogP contribution in [0.1, 0.15) is 73.1 Å². The summed E-state index contributed by atoms with van der Waals surface area (Å²) >= 11 is 0. The van der Waals surface area contributed by atoms with Gasteiger partial charge in [-0.25, -0.2) is 4.90 Å². The van der Waals surface area contributed by atoms with E-state index in [1.165, 1.54) is 12.8 Å². The fourth-order valence-electron chi connectivity index (χ4n) is 2.76. The Labute approximate surface area is 125 Å². The summed E-state index contributed by atoms with van der Waals surface area (Å²) in [6.45, 7) is 12.3. The lowest BCUT2D eigenvalue weighted by Crippen LogP contribution is -2.56. The van der Waals surface area contributed by atoms with Crippen molar-refractivity contribution in [2.75, 3.05) is 13.1 Å². The lowest BCUT2D eigenvalue weighted by atomic mass is 10.1. The van der Waals surface area contributed by atoms with Crippen LogP contribution >= 0.6 is 0 Å². The monoisotopic (exact) mass is 288 g/mol. The standard InChI is InChI=1S/C16H36N2O2/c1-6-11-12-13-14(17(9-4)10-5)18(15(19)7-2)16(20)8-3/h14-16,19-20H,6-13H2,1-5H3. The normalized spacial score (nSPS) is 16.6. The van der Waals surface area contributed by atoms with Gasteiger partial charge in [-0.05, 0) is 32.4 Å². The molecule has 0 saturated carbocycles. The molecule has 4 heteroatoms. The molecular weight excluding hydrogens is 252 g/mol. The van der Waals surface area contributed by atoms with Gasteiger partial charge in [0.25, 0.3) is 0 Å². The molecule has 0 aliphatic heterocycles. The Morgan fingerprint density at radius 1 is 0.800 bits per heavy atom. The van der Waals surface area contributed by atoms with Crippen LogP contribution in [0.15, 0.2) is 0 Å². The molecule has 0 bridgehead atoms. The SMILES string of the molecule is CCCCCC(N(CC)CC)N(C(O)CC)C(O)CC. The zero-order chi connectivity index (χ0) is 15.5. The summed E-state index contributed by atoms with van der Waals surface area (Å²) in [7, 11) is 0. The van der Waals surface area contributed by atoms with Crippen LogP contribution in [0.2, 0.25) is 0 Å². The van der Waals surface area contributed by atoms with Crippen LogP contribution in [-0.2, 0) is 0 Å². The second-order valence-electron chi connectivity index (χ2n) is 5.42. The van der Waals surface area contributed by atoms with Crippen molar-refractivity contribution in [3.8, 4) is 0 Å². The number of hydrogen-bond acceptors (Lipinski definition) is 4. The van der Waals surface area contributed by atoms with Gasteiger partial charge in [-0.3, -0.25) is 4.90 Å². The molecule has 3 atom stereocenters. The molecule has 0 aliphatic carbocycles. The van der Waals surface area contributed by atoms with E-state index >= 15 is 0 Å². The molecule has 4 nitrogen and oxygen atoms in total. The van der Waals surface area contributed by atoms with Crippen molar-refractivity contribution in [3.63, 3.8) is 0 Å². The predicted molar refractivity (Wildman–Crippen MR) is 85.3 cm³/mol. The van der Waals surface area contributed by atoms with Gasteiger partial charge in [-0.15, -0.1) is 0 Å². The summed E-state index contributed by atoms with van der Waals surface area (Å²) in [5.41, 5.74) is 0. The first-order valence-corrected chi connectivity index (χ1v) is 8.44. The van der Waals surface area contributed by atoms with Crippen molar-refractivity contribution < 1.29 is 10.2 Å². The molecule has 0 rings (SSSR count). The summed E-state index contributed by atoms with van der Waals surface area (Å²) in [6, 6.07) is 0. The second-order valence-corrected chi connectivity index (χ2v) is 5.42. The quantitative estimate of drug-likeness (QED) is 0.428. The van der Waals surface area contributed by atoms with E-state index < -0.39 is 12.5 Å². The van der Waals surface area contributed by atoms with Gasteiger partial charge < -0.3 is 10.2 Å². The maximum absolute atomic E-state index is 10.3. The molecule has 2 N–H and O–H groups in total. The van der Waals surface area contributed by atoms with Gasteiger partial charge in [0.2, 0.25) is 0 Å². The molecule has 0 heterocycles. The Morgan fingerprint density at radius 2 is 1.30 bits per heavy atom. The molecule has 3 unspecified atom stereocenters. The topological polar surface area (TPSA) is 46.9 Å². The predicted octanol–water partition coefficient (Wildman–Crippen LogP) is 2.99. The van der Waals surface area contributed by atoms with Crippen LogP contribution in [0.25, 0.3) is 0 Å². The molecule has 0 spiro atoms. The van der Waals surface area contributed by atoms with Crippen molar-refractivity contribution in [2.45, 2.75) is 91.8 Å².